The standard InChI is InChI=1S/C14H13BFNO3/c16-13-8-11(15(19)20)6-7-12(13)14(18)17-9-10-4-2-1-3-5-10/h1-8,19-20H,9H2,(H,17,18). The molecule has 0 unspecified atom stereocenters. The Morgan fingerprint density at radius 3 is 2.45 bits per heavy atom. The summed E-state index contributed by atoms with van der Waals surface area (Å²) in [7, 11) is -1.76. The lowest BCUT2D eigenvalue weighted by atomic mass is 9.80. The van der Waals surface area contributed by atoms with Gasteiger partial charge in [0.1, 0.15) is 5.82 Å². The Morgan fingerprint density at radius 2 is 1.85 bits per heavy atom. The lowest BCUT2D eigenvalue weighted by molar-refractivity contribution is 0.0947. The fourth-order valence-electron chi connectivity index (χ4n) is 1.75. The monoisotopic (exact) mass is 273 g/mol. The molecule has 0 atom stereocenters. The van der Waals surface area contributed by atoms with E-state index in [0.29, 0.717) is 6.54 Å². The summed E-state index contributed by atoms with van der Waals surface area (Å²) >= 11 is 0. The molecule has 3 N–H and O–H groups in total. The zero-order valence-corrected chi connectivity index (χ0v) is 10.6. The summed E-state index contributed by atoms with van der Waals surface area (Å²) in [6.07, 6.45) is 0. The van der Waals surface area contributed by atoms with Crippen molar-refractivity contribution >= 4 is 18.5 Å². The van der Waals surface area contributed by atoms with Crippen molar-refractivity contribution < 1.29 is 19.2 Å². The molecule has 0 saturated heterocycles. The number of rotatable bonds is 4. The lowest BCUT2D eigenvalue weighted by Gasteiger charge is -2.07. The second kappa shape index (κ2) is 6.32. The number of carbonyl (C=O) groups excluding carboxylic acids is 1. The smallest absolute Gasteiger partial charge is 0.423 e. The van der Waals surface area contributed by atoms with Crippen molar-refractivity contribution in [3.63, 3.8) is 0 Å². The molecular formula is C14H13BFNO3. The van der Waals surface area contributed by atoms with Gasteiger partial charge in [-0.3, -0.25) is 4.79 Å². The van der Waals surface area contributed by atoms with Crippen LogP contribution in [0.4, 0.5) is 4.39 Å². The summed E-state index contributed by atoms with van der Waals surface area (Å²) in [5.41, 5.74) is 0.774. The quantitative estimate of drug-likeness (QED) is 0.708. The van der Waals surface area contributed by atoms with Crippen LogP contribution in [0.1, 0.15) is 15.9 Å². The number of benzene rings is 2. The van der Waals surface area contributed by atoms with Crippen LogP contribution in [0.3, 0.4) is 0 Å². The number of amides is 1. The molecular weight excluding hydrogens is 260 g/mol. The molecule has 20 heavy (non-hydrogen) atoms. The maximum absolute atomic E-state index is 13.7. The SMILES string of the molecule is O=C(NCc1ccccc1)c1ccc(B(O)O)cc1F. The molecule has 0 aliphatic heterocycles. The summed E-state index contributed by atoms with van der Waals surface area (Å²) < 4.78 is 13.7. The maximum Gasteiger partial charge on any atom is 0.488 e. The number of hydrogen-bond donors (Lipinski definition) is 3. The van der Waals surface area contributed by atoms with Crippen LogP contribution in [-0.2, 0) is 6.54 Å². The van der Waals surface area contributed by atoms with Crippen molar-refractivity contribution in [1.29, 1.82) is 0 Å². The Balaban J connectivity index is 2.06. The first-order valence-electron chi connectivity index (χ1n) is 6.05. The first kappa shape index (κ1) is 14.2. The van der Waals surface area contributed by atoms with Crippen LogP contribution in [0, 0.1) is 5.82 Å². The molecule has 0 radical (unpaired) electrons. The Bertz CT molecular complexity index is 605. The molecule has 0 saturated carbocycles. The highest BCUT2D eigenvalue weighted by molar-refractivity contribution is 6.58. The molecule has 6 heteroatoms. The molecule has 2 aromatic rings. The highest BCUT2D eigenvalue weighted by atomic mass is 19.1. The Morgan fingerprint density at radius 1 is 1.15 bits per heavy atom. The van der Waals surface area contributed by atoms with Crippen LogP contribution in [0.15, 0.2) is 48.5 Å². The van der Waals surface area contributed by atoms with Crippen LogP contribution in [0.2, 0.25) is 0 Å². The average Bonchev–Trinajstić information content (AvgIpc) is 2.45. The molecule has 0 bridgehead atoms. The van der Waals surface area contributed by atoms with E-state index in [9.17, 15) is 9.18 Å². The van der Waals surface area contributed by atoms with Crippen molar-refractivity contribution in [3.05, 3.63) is 65.5 Å². The van der Waals surface area contributed by atoms with Gasteiger partial charge in [0.15, 0.2) is 0 Å². The van der Waals surface area contributed by atoms with Crippen molar-refractivity contribution in [2.75, 3.05) is 0 Å². The zero-order valence-electron chi connectivity index (χ0n) is 10.6. The third kappa shape index (κ3) is 3.43. The molecule has 0 heterocycles. The van der Waals surface area contributed by atoms with Gasteiger partial charge in [0.2, 0.25) is 0 Å². The van der Waals surface area contributed by atoms with Crippen molar-refractivity contribution in [3.8, 4) is 0 Å². The fourth-order valence-corrected chi connectivity index (χ4v) is 1.75. The lowest BCUT2D eigenvalue weighted by Crippen LogP contribution is -2.31. The molecule has 4 nitrogen and oxygen atoms in total. The number of nitrogens with one attached hydrogen (secondary N) is 1. The van der Waals surface area contributed by atoms with Gasteiger partial charge in [0.05, 0.1) is 5.56 Å². The first-order chi connectivity index (χ1) is 9.58. The van der Waals surface area contributed by atoms with E-state index in [4.69, 9.17) is 10.0 Å². The average molecular weight is 273 g/mol. The molecule has 2 rings (SSSR count). The molecule has 0 aromatic heterocycles. The summed E-state index contributed by atoms with van der Waals surface area (Å²) in [6, 6.07) is 12.7. The Hall–Kier alpha value is -2.18. The minimum atomic E-state index is -1.76. The van der Waals surface area contributed by atoms with Gasteiger partial charge < -0.3 is 15.4 Å². The van der Waals surface area contributed by atoms with Crippen LogP contribution >= 0.6 is 0 Å². The van der Waals surface area contributed by atoms with Gasteiger partial charge in [0.25, 0.3) is 5.91 Å². The topological polar surface area (TPSA) is 69.6 Å². The highest BCUT2D eigenvalue weighted by Crippen LogP contribution is 2.06. The van der Waals surface area contributed by atoms with Gasteiger partial charge >= 0.3 is 7.12 Å². The summed E-state index contributed by atoms with van der Waals surface area (Å²) in [4.78, 5) is 11.8. The van der Waals surface area contributed by atoms with E-state index < -0.39 is 18.8 Å². The number of carbonyl (C=O) groups is 1. The van der Waals surface area contributed by atoms with Crippen molar-refractivity contribution in [2.24, 2.45) is 0 Å². The van der Waals surface area contributed by atoms with Gasteiger partial charge in [-0.05, 0) is 23.2 Å². The predicted molar refractivity (Wildman–Crippen MR) is 73.8 cm³/mol. The normalized spacial score (nSPS) is 10.2. The zero-order chi connectivity index (χ0) is 14.5. The third-order valence-corrected chi connectivity index (χ3v) is 2.83. The molecule has 0 fully saturated rings. The molecule has 102 valence electrons. The number of halogens is 1. The van der Waals surface area contributed by atoms with E-state index in [1.165, 1.54) is 12.1 Å². The molecule has 0 aliphatic carbocycles. The third-order valence-electron chi connectivity index (χ3n) is 2.83. The van der Waals surface area contributed by atoms with E-state index in [1.807, 2.05) is 30.3 Å². The maximum atomic E-state index is 13.7. The summed E-state index contributed by atoms with van der Waals surface area (Å²) in [6.45, 7) is 0.295. The summed E-state index contributed by atoms with van der Waals surface area (Å²) in [5.74, 6) is -1.34. The van der Waals surface area contributed by atoms with Gasteiger partial charge in [-0.25, -0.2) is 4.39 Å². The van der Waals surface area contributed by atoms with E-state index in [2.05, 4.69) is 5.32 Å². The van der Waals surface area contributed by atoms with Gasteiger partial charge in [-0.15, -0.1) is 0 Å². The van der Waals surface area contributed by atoms with E-state index in [1.54, 1.807) is 0 Å². The molecule has 1 amide bonds. The van der Waals surface area contributed by atoms with Crippen LogP contribution < -0.4 is 10.8 Å². The highest BCUT2D eigenvalue weighted by Gasteiger charge is 2.16. The second-order valence-corrected chi connectivity index (χ2v) is 4.28. The minimum absolute atomic E-state index is 0.00195. The summed E-state index contributed by atoms with van der Waals surface area (Å²) in [5, 5.41) is 20.4. The number of hydrogen-bond acceptors (Lipinski definition) is 3. The van der Waals surface area contributed by atoms with Crippen LogP contribution in [0.25, 0.3) is 0 Å². The largest absolute Gasteiger partial charge is 0.488 e. The van der Waals surface area contributed by atoms with Gasteiger partial charge in [-0.1, -0.05) is 36.4 Å². The van der Waals surface area contributed by atoms with Crippen molar-refractivity contribution in [1.82, 2.24) is 5.32 Å². The molecule has 2 aromatic carbocycles. The van der Waals surface area contributed by atoms with Gasteiger partial charge in [-0.2, -0.15) is 0 Å². The first-order valence-corrected chi connectivity index (χ1v) is 6.05. The second-order valence-electron chi connectivity index (χ2n) is 4.28. The Labute approximate surface area is 116 Å². The molecule has 0 spiro atoms. The minimum Gasteiger partial charge on any atom is -0.423 e. The van der Waals surface area contributed by atoms with E-state index in [0.717, 1.165) is 11.6 Å². The van der Waals surface area contributed by atoms with Gasteiger partial charge in [0, 0.05) is 6.54 Å². The van der Waals surface area contributed by atoms with Crippen LogP contribution in [0.5, 0.6) is 0 Å². The van der Waals surface area contributed by atoms with Crippen molar-refractivity contribution in [2.45, 2.75) is 6.54 Å². The Kier molecular flexibility index (Phi) is 4.50. The van der Waals surface area contributed by atoms with E-state index >= 15 is 0 Å². The predicted octanol–water partition coefficient (Wildman–Crippen LogP) is 0.435. The fraction of sp³-hybridized carbons (Fsp3) is 0.0714. The van der Waals surface area contributed by atoms with Crippen LogP contribution in [-0.4, -0.2) is 23.1 Å². The van der Waals surface area contributed by atoms with E-state index in [-0.39, 0.29) is 11.0 Å². The molecule has 0 aliphatic rings.